The summed E-state index contributed by atoms with van der Waals surface area (Å²) in [5.41, 5.74) is 2.57. The molecule has 3 rings (SSSR count). The van der Waals surface area contributed by atoms with Gasteiger partial charge in [-0.05, 0) is 17.5 Å². The lowest BCUT2D eigenvalue weighted by atomic mass is 10.2. The molecule has 1 aromatic heterocycles. The summed E-state index contributed by atoms with van der Waals surface area (Å²) in [5.74, 6) is 0. The largest absolute Gasteiger partial charge is 0.361 e. The number of benzene rings is 2. The average molecular weight is 280 g/mol. The molecule has 0 saturated heterocycles. The first-order valence-electron chi connectivity index (χ1n) is 6.71. The highest BCUT2D eigenvalue weighted by Crippen LogP contribution is 2.28. The lowest BCUT2D eigenvalue weighted by Gasteiger charge is -2.02. The Morgan fingerprint density at radius 1 is 0.900 bits per heavy atom. The van der Waals surface area contributed by atoms with Crippen molar-refractivity contribution in [1.29, 1.82) is 0 Å². The highest BCUT2D eigenvalue weighted by molar-refractivity contribution is 7.18. The predicted molar refractivity (Wildman–Crippen MR) is 86.2 cm³/mol. The number of rotatable bonds is 5. The van der Waals surface area contributed by atoms with Gasteiger partial charge in [0.2, 0.25) is 0 Å². The van der Waals surface area contributed by atoms with Crippen molar-refractivity contribution in [3.63, 3.8) is 0 Å². The summed E-state index contributed by atoms with van der Waals surface area (Å²) < 4.78 is 0. The molecule has 20 heavy (non-hydrogen) atoms. The van der Waals surface area contributed by atoms with E-state index in [1.807, 2.05) is 18.3 Å². The van der Waals surface area contributed by atoms with Crippen molar-refractivity contribution in [2.75, 3.05) is 11.9 Å². The second-order valence-electron chi connectivity index (χ2n) is 4.56. The Hall–Kier alpha value is -2.13. The monoisotopic (exact) mass is 280 g/mol. The number of anilines is 1. The molecule has 0 saturated carbocycles. The van der Waals surface area contributed by atoms with Gasteiger partial charge in [0.25, 0.3) is 0 Å². The van der Waals surface area contributed by atoms with Gasteiger partial charge in [-0.2, -0.15) is 0 Å². The van der Waals surface area contributed by atoms with Crippen molar-refractivity contribution in [3.05, 3.63) is 72.4 Å². The molecule has 2 nitrogen and oxygen atoms in total. The van der Waals surface area contributed by atoms with Crippen LogP contribution in [0.1, 0.15) is 5.56 Å². The molecule has 0 fully saturated rings. The molecule has 1 N–H and O–H groups in total. The van der Waals surface area contributed by atoms with Gasteiger partial charge in [0.05, 0.1) is 4.88 Å². The van der Waals surface area contributed by atoms with Crippen LogP contribution in [0, 0.1) is 0 Å². The van der Waals surface area contributed by atoms with E-state index in [4.69, 9.17) is 0 Å². The van der Waals surface area contributed by atoms with Gasteiger partial charge in [0, 0.05) is 12.7 Å². The van der Waals surface area contributed by atoms with E-state index in [1.165, 1.54) is 16.0 Å². The molecule has 0 bridgehead atoms. The number of nitrogens with one attached hydrogen (secondary N) is 1. The van der Waals surface area contributed by atoms with E-state index >= 15 is 0 Å². The highest BCUT2D eigenvalue weighted by atomic mass is 32.1. The highest BCUT2D eigenvalue weighted by Gasteiger charge is 2.03. The van der Waals surface area contributed by atoms with Crippen LogP contribution in [-0.4, -0.2) is 11.5 Å². The lowest BCUT2D eigenvalue weighted by Crippen LogP contribution is -2.03. The summed E-state index contributed by atoms with van der Waals surface area (Å²) in [6, 6.07) is 20.9. The first-order valence-corrected chi connectivity index (χ1v) is 7.52. The zero-order chi connectivity index (χ0) is 13.6. The lowest BCUT2D eigenvalue weighted by molar-refractivity contribution is 1.02. The van der Waals surface area contributed by atoms with E-state index in [0.717, 1.165) is 18.1 Å². The Balaban J connectivity index is 1.58. The van der Waals surface area contributed by atoms with E-state index in [1.54, 1.807) is 11.3 Å². The zero-order valence-electron chi connectivity index (χ0n) is 11.1. The topological polar surface area (TPSA) is 24.9 Å². The van der Waals surface area contributed by atoms with Crippen LogP contribution in [0.15, 0.2) is 66.9 Å². The second kappa shape index (κ2) is 6.35. The fourth-order valence-corrected chi connectivity index (χ4v) is 2.90. The van der Waals surface area contributed by atoms with Gasteiger partial charge in [-0.1, -0.05) is 72.0 Å². The van der Waals surface area contributed by atoms with E-state index in [9.17, 15) is 0 Å². The second-order valence-corrected chi connectivity index (χ2v) is 5.59. The number of hydrogen-bond acceptors (Lipinski definition) is 3. The van der Waals surface area contributed by atoms with Gasteiger partial charge >= 0.3 is 0 Å². The molecule has 0 unspecified atom stereocenters. The molecule has 0 aliphatic rings. The first-order chi connectivity index (χ1) is 9.92. The van der Waals surface area contributed by atoms with E-state index in [2.05, 4.69) is 58.8 Å². The average Bonchev–Trinajstić information content (AvgIpc) is 2.98. The maximum Gasteiger partial charge on any atom is 0.183 e. The van der Waals surface area contributed by atoms with Crippen LogP contribution in [0.25, 0.3) is 10.4 Å². The Bertz CT molecular complexity index is 647. The minimum atomic E-state index is 0.908. The van der Waals surface area contributed by atoms with Crippen molar-refractivity contribution in [3.8, 4) is 10.4 Å². The molecular formula is C17H16N2S. The third-order valence-electron chi connectivity index (χ3n) is 3.10. The summed E-state index contributed by atoms with van der Waals surface area (Å²) in [7, 11) is 0. The molecule has 2 aromatic carbocycles. The predicted octanol–water partition coefficient (Wildman–Crippen LogP) is 4.46. The van der Waals surface area contributed by atoms with Crippen LogP contribution in [0.2, 0.25) is 0 Å². The van der Waals surface area contributed by atoms with Crippen molar-refractivity contribution in [2.24, 2.45) is 0 Å². The number of thiazole rings is 1. The summed E-state index contributed by atoms with van der Waals surface area (Å²) in [4.78, 5) is 5.63. The SMILES string of the molecule is c1ccc(CCNc2ncc(-c3ccccc3)s2)cc1. The standard InChI is InChI=1S/C17H16N2S/c1-3-7-14(8-4-1)11-12-18-17-19-13-16(20-17)15-9-5-2-6-10-15/h1-10,13H,11-12H2,(H,18,19). The Morgan fingerprint density at radius 2 is 1.60 bits per heavy atom. The summed E-state index contributed by atoms with van der Waals surface area (Å²) >= 11 is 1.70. The minimum Gasteiger partial charge on any atom is -0.361 e. The first kappa shape index (κ1) is 12.9. The summed E-state index contributed by atoms with van der Waals surface area (Å²) in [6.45, 7) is 0.908. The van der Waals surface area contributed by atoms with Crippen LogP contribution in [0.4, 0.5) is 5.13 Å². The third-order valence-corrected chi connectivity index (χ3v) is 4.10. The van der Waals surface area contributed by atoms with Gasteiger partial charge in [0.15, 0.2) is 5.13 Å². The molecule has 0 aliphatic heterocycles. The number of nitrogens with zero attached hydrogens (tertiary/aromatic N) is 1. The number of hydrogen-bond donors (Lipinski definition) is 1. The fraction of sp³-hybridized carbons (Fsp3) is 0.118. The summed E-state index contributed by atoms with van der Waals surface area (Å²) in [6.07, 6.45) is 2.95. The van der Waals surface area contributed by atoms with Crippen molar-refractivity contribution in [1.82, 2.24) is 4.98 Å². The zero-order valence-corrected chi connectivity index (χ0v) is 11.9. The van der Waals surface area contributed by atoms with Crippen LogP contribution in [0.5, 0.6) is 0 Å². The molecule has 1 heterocycles. The van der Waals surface area contributed by atoms with E-state index < -0.39 is 0 Å². The summed E-state index contributed by atoms with van der Waals surface area (Å²) in [5, 5.41) is 4.38. The Morgan fingerprint density at radius 3 is 2.35 bits per heavy atom. The van der Waals surface area contributed by atoms with Crippen LogP contribution < -0.4 is 5.32 Å². The molecule has 3 heteroatoms. The smallest absolute Gasteiger partial charge is 0.183 e. The normalized spacial score (nSPS) is 10.4. The minimum absolute atomic E-state index is 0.908. The van der Waals surface area contributed by atoms with Crippen molar-refractivity contribution in [2.45, 2.75) is 6.42 Å². The maximum atomic E-state index is 4.43. The quantitative estimate of drug-likeness (QED) is 0.746. The Labute approximate surface area is 123 Å². The molecule has 100 valence electrons. The fourth-order valence-electron chi connectivity index (χ4n) is 2.05. The van der Waals surface area contributed by atoms with Crippen LogP contribution in [-0.2, 0) is 6.42 Å². The van der Waals surface area contributed by atoms with Gasteiger partial charge in [-0.15, -0.1) is 0 Å². The van der Waals surface area contributed by atoms with E-state index in [-0.39, 0.29) is 0 Å². The Kier molecular flexibility index (Phi) is 4.09. The molecule has 0 radical (unpaired) electrons. The van der Waals surface area contributed by atoms with Gasteiger partial charge in [0.1, 0.15) is 0 Å². The van der Waals surface area contributed by atoms with Gasteiger partial charge in [-0.25, -0.2) is 4.98 Å². The molecule has 0 atom stereocenters. The molecule has 0 amide bonds. The molecule has 3 aromatic rings. The molecule has 0 spiro atoms. The van der Waals surface area contributed by atoms with Crippen molar-refractivity contribution >= 4 is 16.5 Å². The maximum absolute atomic E-state index is 4.43. The van der Waals surface area contributed by atoms with Gasteiger partial charge in [-0.3, -0.25) is 0 Å². The van der Waals surface area contributed by atoms with E-state index in [0.29, 0.717) is 0 Å². The van der Waals surface area contributed by atoms with Crippen molar-refractivity contribution < 1.29 is 0 Å². The van der Waals surface area contributed by atoms with Crippen LogP contribution in [0.3, 0.4) is 0 Å². The van der Waals surface area contributed by atoms with Gasteiger partial charge < -0.3 is 5.32 Å². The molecular weight excluding hydrogens is 264 g/mol. The third kappa shape index (κ3) is 3.25. The molecule has 0 aliphatic carbocycles. The van der Waals surface area contributed by atoms with Crippen LogP contribution >= 0.6 is 11.3 Å². The number of aromatic nitrogens is 1.